The van der Waals surface area contributed by atoms with Gasteiger partial charge in [-0.2, -0.15) is 0 Å². The van der Waals surface area contributed by atoms with Crippen molar-refractivity contribution in [3.63, 3.8) is 0 Å². The van der Waals surface area contributed by atoms with Crippen LogP contribution in [0.5, 0.6) is 0 Å². The molecule has 0 aliphatic heterocycles. The van der Waals surface area contributed by atoms with Crippen molar-refractivity contribution >= 4 is 18.4 Å². The number of allylic oxidation sites excluding steroid dienone is 3. The molecule has 0 atom stereocenters. The van der Waals surface area contributed by atoms with Crippen LogP contribution in [0.3, 0.4) is 0 Å². The number of nitrogens with one attached hydrogen (secondary N) is 1. The summed E-state index contributed by atoms with van der Waals surface area (Å²) in [6, 6.07) is 6.45. The second-order valence-electron chi connectivity index (χ2n) is 4.72. The molecule has 0 aliphatic carbocycles. The highest BCUT2D eigenvalue weighted by Crippen LogP contribution is 2.06. The van der Waals surface area contributed by atoms with Gasteiger partial charge in [-0.15, -0.1) is 5.98 Å². The molecule has 1 rings (SSSR count). The summed E-state index contributed by atoms with van der Waals surface area (Å²) in [6.07, 6.45) is 7.43. The van der Waals surface area contributed by atoms with E-state index in [1.54, 1.807) is 0 Å². The van der Waals surface area contributed by atoms with Gasteiger partial charge in [-0.25, -0.2) is 0 Å². The lowest BCUT2D eigenvalue weighted by Gasteiger charge is -2.10. The molecule has 99 valence electrons. The molecule has 1 radical (unpaired) electrons. The minimum absolute atomic E-state index is 0.863. The predicted octanol–water partition coefficient (Wildman–Crippen LogP) is 3.79. The first-order valence-corrected chi connectivity index (χ1v) is 6.80. The van der Waals surface area contributed by atoms with Crippen LogP contribution >= 0.6 is 0 Å². The quantitative estimate of drug-likeness (QED) is 0.442. The summed E-state index contributed by atoms with van der Waals surface area (Å²) in [5, 5.41) is 3.44. The predicted molar refractivity (Wildman–Crippen MR) is 88.4 cm³/mol. The van der Waals surface area contributed by atoms with Gasteiger partial charge in [0.1, 0.15) is 0 Å². The average Bonchev–Trinajstić information content (AvgIpc) is 2.36. The van der Waals surface area contributed by atoms with E-state index < -0.39 is 0 Å². The van der Waals surface area contributed by atoms with Crippen LogP contribution in [0, 0.1) is 6.92 Å². The average molecular weight is 252 g/mol. The van der Waals surface area contributed by atoms with Gasteiger partial charge >= 0.3 is 0 Å². The van der Waals surface area contributed by atoms with Crippen LogP contribution in [0.1, 0.15) is 25.8 Å². The highest BCUT2D eigenvalue weighted by atomic mass is 14.9. The van der Waals surface area contributed by atoms with E-state index in [-0.39, 0.29) is 0 Å². The first kappa shape index (κ1) is 15.4. The molecule has 2 heteroatoms. The zero-order chi connectivity index (χ0) is 14.1. The number of aryl methyl sites for hydroxylation is 1. The third-order valence-electron chi connectivity index (χ3n) is 2.68. The molecule has 1 aromatic rings. The summed E-state index contributed by atoms with van der Waals surface area (Å²) in [5.74, 6) is 2.05. The lowest BCUT2D eigenvalue weighted by atomic mass is 9.68. The van der Waals surface area contributed by atoms with Crippen molar-refractivity contribution in [3.05, 3.63) is 60.1 Å². The Kier molecular flexibility index (Phi) is 6.80. The van der Waals surface area contributed by atoms with Gasteiger partial charge in [-0.05, 0) is 26.3 Å². The van der Waals surface area contributed by atoms with E-state index in [9.17, 15) is 0 Å². The van der Waals surface area contributed by atoms with E-state index in [0.717, 1.165) is 24.2 Å². The maximum atomic E-state index is 3.86. The smallest absolute Gasteiger partial charge is 0.184 e. The van der Waals surface area contributed by atoms with Crippen LogP contribution in [-0.4, -0.2) is 13.8 Å². The number of hydrogen-bond donors (Lipinski definition) is 1. The Morgan fingerprint density at radius 1 is 1.37 bits per heavy atom. The monoisotopic (exact) mass is 252 g/mol. The highest BCUT2D eigenvalue weighted by molar-refractivity contribution is 6.60. The van der Waals surface area contributed by atoms with E-state index in [0.29, 0.717) is 0 Å². The van der Waals surface area contributed by atoms with E-state index >= 15 is 0 Å². The minimum atomic E-state index is 0.863. The van der Waals surface area contributed by atoms with Crippen LogP contribution in [-0.2, 0) is 0 Å². The Labute approximate surface area is 118 Å². The van der Waals surface area contributed by atoms with Crippen LogP contribution in [0.15, 0.2) is 54.6 Å². The Morgan fingerprint density at radius 2 is 2.16 bits per heavy atom. The van der Waals surface area contributed by atoms with E-state index in [4.69, 9.17) is 0 Å². The van der Waals surface area contributed by atoms with E-state index in [1.807, 2.05) is 19.0 Å². The second kappa shape index (κ2) is 8.41. The SMILES string of the molecule is C=C(C)/C=C/[B]c1cc(C)ccc1NC/C=C\CC. The van der Waals surface area contributed by atoms with Crippen LogP contribution < -0.4 is 10.8 Å². The second-order valence-corrected chi connectivity index (χ2v) is 4.72. The Morgan fingerprint density at radius 3 is 2.84 bits per heavy atom. The van der Waals surface area contributed by atoms with Gasteiger partial charge in [0.2, 0.25) is 0 Å². The summed E-state index contributed by atoms with van der Waals surface area (Å²) in [5.41, 5.74) is 4.70. The van der Waals surface area contributed by atoms with E-state index in [1.165, 1.54) is 11.0 Å². The summed E-state index contributed by atoms with van der Waals surface area (Å²) in [4.78, 5) is 0. The molecular weight excluding hydrogens is 229 g/mol. The third-order valence-corrected chi connectivity index (χ3v) is 2.68. The molecular formula is C17H23BN. The third kappa shape index (κ3) is 6.14. The highest BCUT2D eigenvalue weighted by Gasteiger charge is 2.01. The largest absolute Gasteiger partial charge is 0.382 e. The molecule has 0 heterocycles. The summed E-state index contributed by atoms with van der Waals surface area (Å²) < 4.78 is 0. The molecule has 0 bridgehead atoms. The Bertz CT molecular complexity index is 472. The fourth-order valence-electron chi connectivity index (χ4n) is 1.72. The zero-order valence-electron chi connectivity index (χ0n) is 12.2. The minimum Gasteiger partial charge on any atom is -0.382 e. The normalized spacial score (nSPS) is 11.1. The van der Waals surface area contributed by atoms with Crippen molar-refractivity contribution in [2.75, 3.05) is 11.9 Å². The van der Waals surface area contributed by atoms with Crippen molar-refractivity contribution < 1.29 is 0 Å². The number of rotatable bonds is 7. The molecule has 0 unspecified atom stereocenters. The van der Waals surface area contributed by atoms with Gasteiger partial charge in [0, 0.05) is 12.2 Å². The molecule has 1 nitrogen and oxygen atoms in total. The van der Waals surface area contributed by atoms with Crippen molar-refractivity contribution in [2.24, 2.45) is 0 Å². The molecule has 0 fully saturated rings. The Balaban J connectivity index is 2.73. The van der Waals surface area contributed by atoms with Crippen LogP contribution in [0.4, 0.5) is 5.69 Å². The maximum Gasteiger partial charge on any atom is 0.184 e. The standard InChI is InChI=1S/C17H23BN/c1-5-6-7-12-19-17-9-8-15(4)13-16(17)18-11-10-14(2)3/h6-11,13,19H,2,5,12H2,1,3-4H3/b7-6-,11-10+. The van der Waals surface area contributed by atoms with Crippen molar-refractivity contribution in [2.45, 2.75) is 27.2 Å². The van der Waals surface area contributed by atoms with E-state index in [2.05, 4.69) is 63.4 Å². The van der Waals surface area contributed by atoms with Crippen molar-refractivity contribution in [3.8, 4) is 0 Å². The van der Waals surface area contributed by atoms with Gasteiger partial charge in [-0.3, -0.25) is 0 Å². The molecule has 0 saturated heterocycles. The molecule has 0 spiro atoms. The summed E-state index contributed by atoms with van der Waals surface area (Å²) in [7, 11) is 2.12. The topological polar surface area (TPSA) is 12.0 Å². The van der Waals surface area contributed by atoms with Crippen molar-refractivity contribution in [1.82, 2.24) is 0 Å². The fourth-order valence-corrected chi connectivity index (χ4v) is 1.72. The molecule has 0 saturated carbocycles. The van der Waals surface area contributed by atoms with Gasteiger partial charge in [0.15, 0.2) is 7.28 Å². The molecule has 1 aromatic carbocycles. The zero-order valence-corrected chi connectivity index (χ0v) is 12.2. The van der Waals surface area contributed by atoms with Gasteiger partial charge in [0.25, 0.3) is 0 Å². The molecule has 0 aromatic heterocycles. The van der Waals surface area contributed by atoms with Gasteiger partial charge in [0.05, 0.1) is 0 Å². The molecule has 19 heavy (non-hydrogen) atoms. The number of benzene rings is 1. The molecule has 0 amide bonds. The van der Waals surface area contributed by atoms with Crippen molar-refractivity contribution in [1.29, 1.82) is 0 Å². The van der Waals surface area contributed by atoms with Gasteiger partial charge < -0.3 is 5.32 Å². The summed E-state index contributed by atoms with van der Waals surface area (Å²) in [6.45, 7) is 11.0. The summed E-state index contributed by atoms with van der Waals surface area (Å²) >= 11 is 0. The van der Waals surface area contributed by atoms with Gasteiger partial charge in [-0.1, -0.05) is 60.5 Å². The fraction of sp³-hybridized carbons (Fsp3) is 0.294. The number of hydrogen-bond acceptors (Lipinski definition) is 1. The number of anilines is 1. The van der Waals surface area contributed by atoms with Crippen LogP contribution in [0.2, 0.25) is 0 Å². The first-order chi connectivity index (χ1) is 9.13. The lowest BCUT2D eigenvalue weighted by Crippen LogP contribution is -2.19. The molecule has 0 aliphatic rings. The first-order valence-electron chi connectivity index (χ1n) is 6.80. The Hall–Kier alpha value is -1.70. The van der Waals surface area contributed by atoms with Crippen LogP contribution in [0.25, 0.3) is 0 Å². The maximum absolute atomic E-state index is 3.86. The lowest BCUT2D eigenvalue weighted by molar-refractivity contribution is 1.20. The molecule has 1 N–H and O–H groups in total.